The van der Waals surface area contributed by atoms with Crippen LogP contribution in [0, 0.1) is 17.9 Å². The minimum atomic E-state index is -4.75. The lowest BCUT2D eigenvalue weighted by molar-refractivity contribution is -0.137. The molecule has 0 radical (unpaired) electrons. The average Bonchev–Trinajstić information content (AvgIpc) is 3.02. The van der Waals surface area contributed by atoms with Crippen molar-refractivity contribution < 1.29 is 36.3 Å². The number of sulfone groups is 1. The Hall–Kier alpha value is -4.40. The summed E-state index contributed by atoms with van der Waals surface area (Å²) in [6.45, 7) is 9.48. The van der Waals surface area contributed by atoms with Crippen molar-refractivity contribution in [3.63, 3.8) is 0 Å². The van der Waals surface area contributed by atoms with E-state index in [4.69, 9.17) is 6.57 Å². The maximum Gasteiger partial charge on any atom is 0.416 e. The molecule has 1 atom stereocenters. The molecule has 1 fully saturated rings. The number of halogens is 3. The molecule has 0 bridgehead atoms. The number of benzene rings is 2. The fourth-order valence-corrected chi connectivity index (χ4v) is 7.00. The van der Waals surface area contributed by atoms with E-state index in [1.165, 1.54) is 30.0 Å². The van der Waals surface area contributed by atoms with Crippen molar-refractivity contribution >= 4 is 27.6 Å². The number of urea groups is 2. The van der Waals surface area contributed by atoms with Crippen molar-refractivity contribution in [3.05, 3.63) is 82.0 Å². The molecule has 0 unspecified atom stereocenters. The predicted octanol–water partition coefficient (Wildman–Crippen LogP) is 7.28. The molecule has 10 nitrogen and oxygen atoms in total. The van der Waals surface area contributed by atoms with Crippen LogP contribution in [0.1, 0.15) is 82.0 Å². The van der Waals surface area contributed by atoms with Gasteiger partial charge in [0.1, 0.15) is 6.04 Å². The van der Waals surface area contributed by atoms with Crippen molar-refractivity contribution in [1.82, 2.24) is 9.80 Å². The summed E-state index contributed by atoms with van der Waals surface area (Å²) >= 11 is 0. The highest BCUT2D eigenvalue weighted by Crippen LogP contribution is 2.44. The van der Waals surface area contributed by atoms with E-state index in [9.17, 15) is 41.5 Å². The average molecular weight is 674 g/mol. The molecule has 1 N–H and O–H groups in total. The molecule has 14 heteroatoms. The van der Waals surface area contributed by atoms with Crippen LogP contribution in [0.3, 0.4) is 0 Å². The van der Waals surface area contributed by atoms with E-state index in [1.54, 1.807) is 0 Å². The van der Waals surface area contributed by atoms with Gasteiger partial charge in [-0.2, -0.15) is 18.4 Å². The molecule has 4 rings (SSSR count). The number of amides is 4. The zero-order valence-electron chi connectivity index (χ0n) is 25.4. The number of nitriles is 1. The van der Waals surface area contributed by atoms with Gasteiger partial charge < -0.3 is 10.0 Å². The summed E-state index contributed by atoms with van der Waals surface area (Å²) in [6.07, 6.45) is 0.765. The third kappa shape index (κ3) is 7.77. The summed E-state index contributed by atoms with van der Waals surface area (Å²) in [6, 6.07) is 5.74. The van der Waals surface area contributed by atoms with Crippen molar-refractivity contribution in [1.29, 1.82) is 5.26 Å². The van der Waals surface area contributed by atoms with E-state index in [2.05, 4.69) is 4.85 Å². The molecule has 1 saturated carbocycles. The highest BCUT2D eigenvalue weighted by Gasteiger charge is 2.47. The van der Waals surface area contributed by atoms with E-state index in [-0.39, 0.29) is 59.7 Å². The Kier molecular flexibility index (Phi) is 11.8. The Morgan fingerprint density at radius 1 is 1.15 bits per heavy atom. The van der Waals surface area contributed by atoms with Crippen LogP contribution in [0.4, 0.5) is 28.4 Å². The first-order valence-corrected chi connectivity index (χ1v) is 16.7. The van der Waals surface area contributed by atoms with Gasteiger partial charge in [-0.25, -0.2) is 27.8 Å². The second-order valence-corrected chi connectivity index (χ2v) is 13.3. The molecule has 47 heavy (non-hydrogen) atoms. The van der Waals surface area contributed by atoms with Crippen molar-refractivity contribution in [3.8, 4) is 6.07 Å². The first kappa shape index (κ1) is 37.1. The van der Waals surface area contributed by atoms with E-state index in [0.29, 0.717) is 25.7 Å². The van der Waals surface area contributed by atoms with Crippen LogP contribution in [0.15, 0.2) is 58.8 Å². The normalized spacial score (nSPS) is 17.5. The number of hydrogen-bond donors (Lipinski definition) is 1. The van der Waals surface area contributed by atoms with Gasteiger partial charge in [0.05, 0.1) is 28.7 Å². The van der Waals surface area contributed by atoms with E-state index in [0.717, 1.165) is 59.6 Å². The number of unbranched alkanes of at least 4 members (excludes halogenated alkanes) is 1. The molecule has 0 spiro atoms. The topological polar surface area (TPSA) is 126 Å². The zero-order valence-corrected chi connectivity index (χ0v) is 26.2. The molecular formula is C33H38F3N5O5S. The Labute approximate surface area is 273 Å². The zero-order chi connectivity index (χ0) is 33.8. The van der Waals surface area contributed by atoms with Crippen molar-refractivity contribution in [2.75, 3.05) is 24.3 Å². The number of alkyl halides is 3. The summed E-state index contributed by atoms with van der Waals surface area (Å²) in [5, 5.41) is 18.9. The number of anilines is 1. The van der Waals surface area contributed by atoms with Crippen LogP contribution in [0.2, 0.25) is 0 Å². The second-order valence-electron chi connectivity index (χ2n) is 11.4. The van der Waals surface area contributed by atoms with Gasteiger partial charge in [0.15, 0.2) is 9.84 Å². The molecule has 252 valence electrons. The first-order valence-electron chi connectivity index (χ1n) is 14.8. The molecular weight excluding hydrogens is 635 g/mol. The molecule has 1 heterocycles. The Balaban J connectivity index is 0.00000600. The third-order valence-electron chi connectivity index (χ3n) is 8.28. The summed E-state index contributed by atoms with van der Waals surface area (Å²) in [4.78, 5) is 35.6. The molecule has 2 aromatic rings. The number of imide groups is 1. The van der Waals surface area contributed by atoms with Crippen LogP contribution in [0.5, 0.6) is 0 Å². The largest absolute Gasteiger partial charge is 0.416 e. The number of rotatable bonds is 8. The number of aliphatic hydroxyl groups excluding tert-OH is 1. The van der Waals surface area contributed by atoms with Crippen LogP contribution in [-0.4, -0.2) is 60.8 Å². The third-order valence-corrected chi connectivity index (χ3v) is 9.44. The second kappa shape index (κ2) is 15.0. The van der Waals surface area contributed by atoms with Crippen LogP contribution in [-0.2, 0) is 16.0 Å². The quantitative estimate of drug-likeness (QED) is 0.232. The number of carbonyl (C=O) groups excluding carboxylic acids is 2. The standard InChI is InChI=1S/C32H34F3N5O5S.CH4/c1-21-28(37-2)29(26-15-14-22(20-36)18-27(26)46(3,44)45)40(30(42)38(16-7-8-17-41)24-11-5-4-6-12-24)31(43)39(21)25-13-9-10-23(19-25)32(33,34)35;/h9-10,13-15,18-19,24,29,41H,4-8,11-12,16-17H2,1,3H3;1H4/t29-;/m1./s1. The minimum absolute atomic E-state index is 0. The van der Waals surface area contributed by atoms with Gasteiger partial charge in [-0.15, -0.1) is 0 Å². The van der Waals surface area contributed by atoms with Gasteiger partial charge in [0, 0.05) is 36.8 Å². The highest BCUT2D eigenvalue weighted by atomic mass is 32.2. The fraction of sp³-hybridized carbons (Fsp3) is 0.455. The first-order chi connectivity index (χ1) is 21.7. The summed E-state index contributed by atoms with van der Waals surface area (Å²) < 4.78 is 67.2. The SMILES string of the molecule is C.[C-]#[N+]C1=C(C)N(c2cccc(C(F)(F)F)c2)C(=O)N(C(=O)N(CCCCO)C2CCCCC2)[C@@H]1c1ccc(C#N)cc1S(C)(=O)=O. The number of aliphatic hydroxyl groups is 1. The molecule has 2 aromatic carbocycles. The maximum absolute atomic E-state index is 14.7. The lowest BCUT2D eigenvalue weighted by atomic mass is 9.93. The fourth-order valence-electron chi connectivity index (χ4n) is 6.05. The number of nitrogens with zero attached hydrogens (tertiary/aromatic N) is 5. The van der Waals surface area contributed by atoms with Crippen LogP contribution in [0.25, 0.3) is 4.85 Å². The Morgan fingerprint density at radius 3 is 2.40 bits per heavy atom. The van der Waals surface area contributed by atoms with Gasteiger partial charge in [0.25, 0.3) is 0 Å². The van der Waals surface area contributed by atoms with Crippen molar-refractivity contribution in [2.45, 2.75) is 82.5 Å². The molecule has 2 aliphatic rings. The number of hydrogen-bond acceptors (Lipinski definition) is 6. The van der Waals surface area contributed by atoms with Crippen LogP contribution < -0.4 is 4.90 Å². The van der Waals surface area contributed by atoms with Gasteiger partial charge >= 0.3 is 18.2 Å². The molecule has 1 aliphatic heterocycles. The molecule has 0 aromatic heterocycles. The van der Waals surface area contributed by atoms with Crippen molar-refractivity contribution in [2.24, 2.45) is 0 Å². The van der Waals surface area contributed by atoms with E-state index in [1.807, 2.05) is 6.07 Å². The monoisotopic (exact) mass is 673 g/mol. The number of carbonyl (C=O) groups is 2. The molecule has 4 amide bonds. The highest BCUT2D eigenvalue weighted by molar-refractivity contribution is 7.90. The van der Waals surface area contributed by atoms with Gasteiger partial charge in [-0.3, -0.25) is 4.90 Å². The van der Waals surface area contributed by atoms with Gasteiger partial charge in [-0.1, -0.05) is 38.8 Å². The van der Waals surface area contributed by atoms with Crippen LogP contribution >= 0.6 is 0 Å². The predicted molar refractivity (Wildman–Crippen MR) is 169 cm³/mol. The molecule has 1 aliphatic carbocycles. The van der Waals surface area contributed by atoms with E-state index < -0.39 is 39.7 Å². The van der Waals surface area contributed by atoms with E-state index >= 15 is 0 Å². The van der Waals surface area contributed by atoms with Gasteiger partial charge in [-0.05, 0) is 68.5 Å². The summed E-state index contributed by atoms with van der Waals surface area (Å²) in [5.74, 6) is 0. The lowest BCUT2D eigenvalue weighted by Gasteiger charge is -2.44. The maximum atomic E-state index is 14.7. The summed E-state index contributed by atoms with van der Waals surface area (Å²) in [5.41, 5.74) is -1.72. The summed E-state index contributed by atoms with van der Waals surface area (Å²) in [7, 11) is -4.08. The van der Waals surface area contributed by atoms with Gasteiger partial charge in [0.2, 0.25) is 5.70 Å². The number of allylic oxidation sites excluding steroid dienone is 1. The Bertz CT molecular complexity index is 1720. The smallest absolute Gasteiger partial charge is 0.396 e. The molecule has 0 saturated heterocycles. The Morgan fingerprint density at radius 2 is 1.83 bits per heavy atom. The lowest BCUT2D eigenvalue weighted by Crippen LogP contribution is -2.58. The minimum Gasteiger partial charge on any atom is -0.396 e.